The minimum Gasteiger partial charge on any atom is -0.491 e. The van der Waals surface area contributed by atoms with Crippen molar-refractivity contribution in [3.8, 4) is 5.75 Å². The molecule has 4 nitrogen and oxygen atoms in total. The van der Waals surface area contributed by atoms with E-state index in [2.05, 4.69) is 12.7 Å². The third kappa shape index (κ3) is 3.84. The first-order valence-corrected chi connectivity index (χ1v) is 12.2. The molecule has 0 amide bonds. The average Bonchev–Trinajstić information content (AvgIpc) is 2.94. The summed E-state index contributed by atoms with van der Waals surface area (Å²) in [4.78, 5) is 28.5. The predicted octanol–water partition coefficient (Wildman–Crippen LogP) is 5.45. The second kappa shape index (κ2) is 9.92. The highest BCUT2D eigenvalue weighted by molar-refractivity contribution is 6.31. The van der Waals surface area contributed by atoms with Crippen molar-refractivity contribution in [1.29, 1.82) is 0 Å². The van der Waals surface area contributed by atoms with Gasteiger partial charge in [0, 0.05) is 17.4 Å². The molecule has 4 heteroatoms. The van der Waals surface area contributed by atoms with E-state index in [1.807, 2.05) is 84.9 Å². The number of fused-ring (bicyclic) bond motifs is 1. The number of rotatable bonds is 7. The minimum atomic E-state index is -1.09. The zero-order chi connectivity index (χ0) is 25.1. The molecule has 0 aliphatic heterocycles. The van der Waals surface area contributed by atoms with Gasteiger partial charge in [0.15, 0.2) is 11.6 Å². The predicted molar refractivity (Wildman–Crippen MR) is 141 cm³/mol. The normalized spacial score (nSPS) is 23.4. The van der Waals surface area contributed by atoms with Gasteiger partial charge in [0.2, 0.25) is 0 Å². The number of benzene rings is 3. The molecule has 3 unspecified atom stereocenters. The Labute approximate surface area is 211 Å². The first kappa shape index (κ1) is 23.7. The molecule has 0 saturated carbocycles. The van der Waals surface area contributed by atoms with E-state index in [4.69, 9.17) is 9.84 Å². The molecule has 36 heavy (non-hydrogen) atoms. The quantitative estimate of drug-likeness (QED) is 0.493. The molecule has 180 valence electrons. The molecule has 0 radical (unpaired) electrons. The van der Waals surface area contributed by atoms with Crippen molar-refractivity contribution >= 4 is 17.1 Å². The number of aliphatic hydroxyl groups excluding tert-OH is 1. The molecule has 3 aromatic rings. The molecule has 0 aromatic heterocycles. The Morgan fingerprint density at radius 2 is 1.61 bits per heavy atom. The van der Waals surface area contributed by atoms with E-state index in [1.165, 1.54) is 0 Å². The fourth-order valence-electron chi connectivity index (χ4n) is 5.80. The smallest absolute Gasteiger partial charge is 0.168 e. The van der Waals surface area contributed by atoms with Gasteiger partial charge < -0.3 is 9.84 Å². The van der Waals surface area contributed by atoms with E-state index in [9.17, 15) is 9.59 Å². The Morgan fingerprint density at radius 1 is 0.944 bits per heavy atom. The van der Waals surface area contributed by atoms with E-state index >= 15 is 0 Å². The summed E-state index contributed by atoms with van der Waals surface area (Å²) in [6.45, 7) is 4.19. The third-order valence-electron chi connectivity index (χ3n) is 7.34. The number of carbonyl (C=O) groups excluding carboxylic acids is 2. The number of ether oxygens (including phenoxy) is 1. The van der Waals surface area contributed by atoms with Gasteiger partial charge in [0.25, 0.3) is 0 Å². The Bertz CT molecular complexity index is 1340. The summed E-state index contributed by atoms with van der Waals surface area (Å²) in [6, 6.07) is 26.7. The van der Waals surface area contributed by atoms with Gasteiger partial charge in [-0.1, -0.05) is 91.5 Å². The van der Waals surface area contributed by atoms with Crippen molar-refractivity contribution in [3.63, 3.8) is 0 Å². The van der Waals surface area contributed by atoms with Crippen molar-refractivity contribution in [2.24, 2.45) is 5.92 Å². The molecule has 0 spiro atoms. The van der Waals surface area contributed by atoms with Crippen molar-refractivity contribution in [3.05, 3.63) is 132 Å². The van der Waals surface area contributed by atoms with Gasteiger partial charge >= 0.3 is 0 Å². The van der Waals surface area contributed by atoms with Gasteiger partial charge in [0.1, 0.15) is 12.4 Å². The fraction of sp³-hybridized carbons (Fsp3) is 0.188. The lowest BCUT2D eigenvalue weighted by Crippen LogP contribution is -2.54. The standard InChI is InChI=1S/C32H28O4/c1-2-22-15-18-28-31(35)27(23-9-5-3-6-10-23)21-29(34)32(28,25-11-7-4-8-12-25)30(22)24-13-16-26(17-14-24)36-20-19-33/h2-17,21,28,30,33H,1,18-20H2. The van der Waals surface area contributed by atoms with Crippen LogP contribution in [-0.2, 0) is 15.0 Å². The number of carbonyl (C=O) groups is 2. The molecule has 3 atom stereocenters. The van der Waals surface area contributed by atoms with Crippen LogP contribution in [0.5, 0.6) is 5.75 Å². The summed E-state index contributed by atoms with van der Waals surface area (Å²) >= 11 is 0. The van der Waals surface area contributed by atoms with Crippen molar-refractivity contribution in [2.75, 3.05) is 13.2 Å². The Morgan fingerprint density at radius 3 is 2.25 bits per heavy atom. The van der Waals surface area contributed by atoms with Crippen LogP contribution in [0, 0.1) is 5.92 Å². The van der Waals surface area contributed by atoms with Crippen molar-refractivity contribution < 1.29 is 19.4 Å². The van der Waals surface area contributed by atoms with Gasteiger partial charge in [-0.25, -0.2) is 0 Å². The van der Waals surface area contributed by atoms with Crippen LogP contribution in [0.1, 0.15) is 29.0 Å². The Balaban J connectivity index is 1.72. The van der Waals surface area contributed by atoms with Crippen molar-refractivity contribution in [1.82, 2.24) is 0 Å². The number of hydrogen-bond donors (Lipinski definition) is 1. The lowest BCUT2D eigenvalue weighted by molar-refractivity contribution is -0.131. The maximum Gasteiger partial charge on any atom is 0.168 e. The topological polar surface area (TPSA) is 63.6 Å². The molecule has 5 rings (SSSR count). The second-order valence-corrected chi connectivity index (χ2v) is 9.16. The van der Waals surface area contributed by atoms with E-state index in [1.54, 1.807) is 12.2 Å². The first-order chi connectivity index (χ1) is 17.6. The number of ketones is 2. The Hall–Kier alpha value is -4.02. The van der Waals surface area contributed by atoms with Crippen molar-refractivity contribution in [2.45, 2.75) is 17.8 Å². The highest BCUT2D eigenvalue weighted by Crippen LogP contribution is 2.57. The molecule has 0 heterocycles. The van der Waals surface area contributed by atoms with E-state index in [0.29, 0.717) is 17.7 Å². The zero-order valence-electron chi connectivity index (χ0n) is 20.0. The maximum absolute atomic E-state index is 14.4. The highest BCUT2D eigenvalue weighted by Gasteiger charge is 2.59. The summed E-state index contributed by atoms with van der Waals surface area (Å²) in [5, 5.41) is 9.08. The molecule has 0 bridgehead atoms. The molecule has 2 aliphatic rings. The van der Waals surface area contributed by atoms with Crippen LogP contribution < -0.4 is 4.74 Å². The second-order valence-electron chi connectivity index (χ2n) is 9.16. The van der Waals surface area contributed by atoms with Crippen LogP contribution in [0.2, 0.25) is 0 Å². The summed E-state index contributed by atoms with van der Waals surface area (Å²) in [6.07, 6.45) is 5.87. The van der Waals surface area contributed by atoms with Crippen LogP contribution in [0.15, 0.2) is 115 Å². The molecular weight excluding hydrogens is 448 g/mol. The molecular formula is C32H28O4. The minimum absolute atomic E-state index is 0.0167. The van der Waals surface area contributed by atoms with Gasteiger partial charge in [-0.15, -0.1) is 0 Å². The number of allylic oxidation sites excluding steroid dienone is 5. The largest absolute Gasteiger partial charge is 0.491 e. The van der Waals surface area contributed by atoms with Crippen LogP contribution in [0.3, 0.4) is 0 Å². The van der Waals surface area contributed by atoms with Crippen LogP contribution in [0.25, 0.3) is 5.57 Å². The van der Waals surface area contributed by atoms with Crippen LogP contribution in [-0.4, -0.2) is 29.9 Å². The van der Waals surface area contributed by atoms with E-state index in [-0.39, 0.29) is 24.8 Å². The zero-order valence-corrected chi connectivity index (χ0v) is 20.0. The van der Waals surface area contributed by atoms with Crippen LogP contribution >= 0.6 is 0 Å². The summed E-state index contributed by atoms with van der Waals surface area (Å²) in [5.41, 5.74) is 2.80. The molecule has 1 N–H and O–H groups in total. The third-order valence-corrected chi connectivity index (χ3v) is 7.34. The molecule has 0 saturated heterocycles. The van der Waals surface area contributed by atoms with Crippen LogP contribution in [0.4, 0.5) is 0 Å². The lowest BCUT2D eigenvalue weighted by Gasteiger charge is -2.49. The number of Topliss-reactive ketones (excluding diaryl/α,β-unsaturated/α-hetero) is 1. The summed E-state index contributed by atoms with van der Waals surface area (Å²) < 4.78 is 5.55. The van der Waals surface area contributed by atoms with E-state index < -0.39 is 17.3 Å². The number of aliphatic hydroxyl groups is 1. The molecule has 2 aliphatic carbocycles. The summed E-state index contributed by atoms with van der Waals surface area (Å²) in [5.74, 6) is -0.401. The monoisotopic (exact) mass is 476 g/mol. The average molecular weight is 477 g/mol. The first-order valence-electron chi connectivity index (χ1n) is 12.2. The lowest BCUT2D eigenvalue weighted by atomic mass is 9.50. The summed E-state index contributed by atoms with van der Waals surface area (Å²) in [7, 11) is 0. The van der Waals surface area contributed by atoms with Gasteiger partial charge in [-0.2, -0.15) is 0 Å². The van der Waals surface area contributed by atoms with E-state index in [0.717, 1.165) is 22.3 Å². The van der Waals surface area contributed by atoms with Gasteiger partial charge in [-0.05, 0) is 46.9 Å². The van der Waals surface area contributed by atoms with Gasteiger partial charge in [0.05, 0.1) is 12.0 Å². The Kier molecular flexibility index (Phi) is 6.53. The van der Waals surface area contributed by atoms with Gasteiger partial charge in [-0.3, -0.25) is 9.59 Å². The molecule has 0 fully saturated rings. The molecule has 3 aromatic carbocycles. The fourth-order valence-corrected chi connectivity index (χ4v) is 5.80. The highest BCUT2D eigenvalue weighted by atomic mass is 16.5. The SMILES string of the molecule is C=CC1=CCC2C(=O)C(c3ccccc3)=CC(=O)C2(c2ccccc2)C1c1ccc(OCCO)cc1. The number of hydrogen-bond acceptors (Lipinski definition) is 4. The maximum atomic E-state index is 14.4.